The fourth-order valence-corrected chi connectivity index (χ4v) is 2.85. The number of ether oxygens (including phenoxy) is 1. The molecule has 2 saturated heterocycles. The van der Waals surface area contributed by atoms with Crippen LogP contribution in [-0.4, -0.2) is 59.7 Å². The fraction of sp³-hybridized carbons (Fsp3) is 0.909. The predicted octanol–water partition coefficient (Wildman–Crippen LogP) is 1.52. The summed E-state index contributed by atoms with van der Waals surface area (Å²) in [6, 6.07) is 0. The van der Waals surface area contributed by atoms with E-state index in [9.17, 15) is 4.79 Å². The number of halogens is 3. The molecule has 2 aliphatic heterocycles. The highest BCUT2D eigenvalue weighted by Crippen LogP contribution is 2.30. The lowest BCUT2D eigenvalue weighted by Crippen LogP contribution is -2.66. The Kier molecular flexibility index (Phi) is 5.06. The summed E-state index contributed by atoms with van der Waals surface area (Å²) in [7, 11) is 0. The molecule has 0 radical (unpaired) electrons. The molecule has 5 nitrogen and oxygen atoms in total. The molecule has 1 spiro atoms. The molecule has 0 unspecified atom stereocenters. The van der Waals surface area contributed by atoms with Crippen molar-refractivity contribution >= 4 is 40.9 Å². The minimum atomic E-state index is -1.56. The van der Waals surface area contributed by atoms with Crippen LogP contribution in [0.4, 0.5) is 4.79 Å². The van der Waals surface area contributed by atoms with Crippen LogP contribution in [0.2, 0.25) is 0 Å². The largest absolute Gasteiger partial charge is 0.445 e. The number of carbonyl (C=O) groups is 1. The molecule has 110 valence electrons. The summed E-state index contributed by atoms with van der Waals surface area (Å²) in [6.45, 7) is 3.74. The van der Waals surface area contributed by atoms with Crippen molar-refractivity contribution < 1.29 is 9.53 Å². The number of carbonyl (C=O) groups excluding carboxylic acids is 1. The van der Waals surface area contributed by atoms with Crippen LogP contribution >= 0.6 is 34.8 Å². The highest BCUT2D eigenvalue weighted by atomic mass is 35.6. The van der Waals surface area contributed by atoms with E-state index in [0.717, 1.165) is 39.0 Å². The van der Waals surface area contributed by atoms with Gasteiger partial charge in [-0.15, -0.1) is 0 Å². The van der Waals surface area contributed by atoms with Gasteiger partial charge in [0.05, 0.1) is 5.54 Å². The molecular formula is C11H18Cl3N3O2. The molecule has 0 aliphatic carbocycles. The second kappa shape index (κ2) is 6.22. The van der Waals surface area contributed by atoms with Crippen molar-refractivity contribution in [2.75, 3.05) is 39.3 Å². The van der Waals surface area contributed by atoms with E-state index in [4.69, 9.17) is 39.5 Å². The smallest absolute Gasteiger partial charge is 0.410 e. The summed E-state index contributed by atoms with van der Waals surface area (Å²) in [5, 5.41) is 6.65. The first-order valence-corrected chi connectivity index (χ1v) is 7.49. The van der Waals surface area contributed by atoms with Gasteiger partial charge in [-0.3, -0.25) is 4.90 Å². The van der Waals surface area contributed by atoms with Crippen molar-refractivity contribution in [3.63, 3.8) is 0 Å². The lowest BCUT2D eigenvalue weighted by Gasteiger charge is -2.49. The number of nitrogens with zero attached hydrogens (tertiary/aromatic N) is 1. The average Bonchev–Trinajstić information content (AvgIpc) is 2.37. The number of nitrogens with one attached hydrogen (secondary N) is 2. The van der Waals surface area contributed by atoms with Crippen molar-refractivity contribution in [3.8, 4) is 0 Å². The predicted molar refractivity (Wildman–Crippen MR) is 76.0 cm³/mol. The first-order valence-electron chi connectivity index (χ1n) is 6.36. The van der Waals surface area contributed by atoms with E-state index in [-0.39, 0.29) is 12.1 Å². The second-order valence-corrected chi connectivity index (χ2v) is 7.49. The topological polar surface area (TPSA) is 53.6 Å². The van der Waals surface area contributed by atoms with E-state index in [1.165, 1.54) is 0 Å². The Morgan fingerprint density at radius 3 is 2.53 bits per heavy atom. The van der Waals surface area contributed by atoms with Gasteiger partial charge >= 0.3 is 6.09 Å². The van der Waals surface area contributed by atoms with Crippen LogP contribution < -0.4 is 10.6 Å². The normalized spacial score (nSPS) is 23.4. The highest BCUT2D eigenvalue weighted by Gasteiger charge is 2.43. The summed E-state index contributed by atoms with van der Waals surface area (Å²) in [6.07, 6.45) is 1.42. The zero-order valence-electron chi connectivity index (χ0n) is 10.6. The van der Waals surface area contributed by atoms with E-state index in [1.54, 1.807) is 4.90 Å². The SMILES string of the molecule is O=C(OCC(Cl)(Cl)Cl)N1CCNCC12CCNCC2. The zero-order chi connectivity index (χ0) is 13.9. The summed E-state index contributed by atoms with van der Waals surface area (Å²) in [5.41, 5.74) is -0.172. The maximum Gasteiger partial charge on any atom is 0.410 e. The van der Waals surface area contributed by atoms with Crippen LogP contribution in [0.25, 0.3) is 0 Å². The van der Waals surface area contributed by atoms with E-state index >= 15 is 0 Å². The summed E-state index contributed by atoms with van der Waals surface area (Å²) in [4.78, 5) is 14.0. The van der Waals surface area contributed by atoms with Crippen molar-refractivity contribution in [2.24, 2.45) is 0 Å². The molecule has 0 aromatic carbocycles. The number of hydrogen-bond donors (Lipinski definition) is 2. The molecule has 0 aromatic rings. The Morgan fingerprint density at radius 2 is 1.89 bits per heavy atom. The van der Waals surface area contributed by atoms with E-state index in [0.29, 0.717) is 6.54 Å². The molecule has 19 heavy (non-hydrogen) atoms. The van der Waals surface area contributed by atoms with Crippen LogP contribution in [0.5, 0.6) is 0 Å². The molecule has 0 aromatic heterocycles. The van der Waals surface area contributed by atoms with Gasteiger partial charge in [-0.2, -0.15) is 0 Å². The first kappa shape index (κ1) is 15.4. The first-order chi connectivity index (χ1) is 8.93. The van der Waals surface area contributed by atoms with Gasteiger partial charge in [0, 0.05) is 19.6 Å². The molecule has 2 heterocycles. The standard InChI is InChI=1S/C11H18Cl3N3O2/c12-11(13,14)8-19-9(18)17-6-5-16-7-10(17)1-3-15-4-2-10/h15-16H,1-8H2. The third-order valence-electron chi connectivity index (χ3n) is 3.65. The van der Waals surface area contributed by atoms with Gasteiger partial charge in [0.2, 0.25) is 3.79 Å². The van der Waals surface area contributed by atoms with Gasteiger partial charge in [-0.1, -0.05) is 34.8 Å². The molecular weight excluding hydrogens is 312 g/mol. The third kappa shape index (κ3) is 4.02. The lowest BCUT2D eigenvalue weighted by molar-refractivity contribution is 0.0198. The Bertz CT molecular complexity index is 321. The number of alkyl halides is 3. The van der Waals surface area contributed by atoms with E-state index in [2.05, 4.69) is 10.6 Å². The molecule has 2 fully saturated rings. The van der Waals surface area contributed by atoms with Gasteiger partial charge in [0.15, 0.2) is 0 Å². The number of rotatable bonds is 1. The molecule has 1 amide bonds. The molecule has 2 rings (SSSR count). The number of amides is 1. The molecule has 8 heteroatoms. The Labute approximate surface area is 127 Å². The van der Waals surface area contributed by atoms with Gasteiger partial charge < -0.3 is 15.4 Å². The van der Waals surface area contributed by atoms with Crippen LogP contribution in [0.15, 0.2) is 0 Å². The van der Waals surface area contributed by atoms with Crippen LogP contribution in [0.3, 0.4) is 0 Å². The highest BCUT2D eigenvalue weighted by molar-refractivity contribution is 6.67. The molecule has 0 saturated carbocycles. The van der Waals surface area contributed by atoms with Crippen LogP contribution in [0.1, 0.15) is 12.8 Å². The van der Waals surface area contributed by atoms with Crippen LogP contribution in [0, 0.1) is 0 Å². The quantitative estimate of drug-likeness (QED) is 0.716. The van der Waals surface area contributed by atoms with Crippen molar-refractivity contribution in [1.29, 1.82) is 0 Å². The molecule has 0 atom stereocenters. The summed E-state index contributed by atoms with van der Waals surface area (Å²) in [5.74, 6) is 0. The van der Waals surface area contributed by atoms with Gasteiger partial charge in [0.25, 0.3) is 0 Å². The Morgan fingerprint density at radius 1 is 1.21 bits per heavy atom. The Hall–Kier alpha value is 0.0600. The number of piperazine rings is 1. The maximum absolute atomic E-state index is 12.2. The maximum atomic E-state index is 12.2. The molecule has 2 aliphatic rings. The van der Waals surface area contributed by atoms with Gasteiger partial charge in [0.1, 0.15) is 6.61 Å². The van der Waals surface area contributed by atoms with Gasteiger partial charge in [-0.05, 0) is 25.9 Å². The summed E-state index contributed by atoms with van der Waals surface area (Å²) < 4.78 is 3.55. The average molecular weight is 331 g/mol. The third-order valence-corrected chi connectivity index (χ3v) is 3.98. The van der Waals surface area contributed by atoms with Crippen molar-refractivity contribution in [2.45, 2.75) is 22.2 Å². The number of hydrogen-bond acceptors (Lipinski definition) is 4. The van der Waals surface area contributed by atoms with E-state index < -0.39 is 9.89 Å². The van der Waals surface area contributed by atoms with E-state index in [1.807, 2.05) is 0 Å². The minimum absolute atomic E-state index is 0.172. The molecule has 0 bridgehead atoms. The van der Waals surface area contributed by atoms with Crippen LogP contribution in [-0.2, 0) is 4.74 Å². The molecule has 2 N–H and O–H groups in total. The van der Waals surface area contributed by atoms with Crippen molar-refractivity contribution in [1.82, 2.24) is 15.5 Å². The minimum Gasteiger partial charge on any atom is -0.445 e. The monoisotopic (exact) mass is 329 g/mol. The number of piperidine rings is 1. The van der Waals surface area contributed by atoms with Crippen molar-refractivity contribution in [3.05, 3.63) is 0 Å². The summed E-state index contributed by atoms with van der Waals surface area (Å²) >= 11 is 16.8. The second-order valence-electron chi connectivity index (χ2n) is 4.97. The zero-order valence-corrected chi connectivity index (χ0v) is 12.8. The van der Waals surface area contributed by atoms with Gasteiger partial charge in [-0.25, -0.2) is 4.79 Å². The Balaban J connectivity index is 2.00. The fourth-order valence-electron chi connectivity index (χ4n) is 2.69. The lowest BCUT2D eigenvalue weighted by atomic mass is 9.85.